The molecule has 0 aromatic heterocycles. The molecule has 0 N–H and O–H groups in total. The zero-order valence-corrected chi connectivity index (χ0v) is 49.1. The Bertz CT molecular complexity index is 3330. The Balaban J connectivity index is 0.831. The van der Waals surface area contributed by atoms with Crippen molar-refractivity contribution in [2.45, 2.75) is 77.9 Å². The van der Waals surface area contributed by atoms with Gasteiger partial charge in [0.05, 0.1) is 38.0 Å². The number of hydrogen-bond acceptors (Lipinski definition) is 22. The second kappa shape index (κ2) is 29.4. The predicted molar refractivity (Wildman–Crippen MR) is 318 cm³/mol. The minimum absolute atomic E-state index is 0.165. The van der Waals surface area contributed by atoms with Crippen LogP contribution in [-0.4, -0.2) is 103 Å². The summed E-state index contributed by atoms with van der Waals surface area (Å²) in [5.41, 5.74) is 0.629. The maximum Gasteiger partial charge on any atom is 0.330 e. The lowest BCUT2D eigenvalue weighted by atomic mass is 9.82. The topological polar surface area (TPSA) is 263 Å². The number of benzene rings is 5. The van der Waals surface area contributed by atoms with Crippen molar-refractivity contribution in [1.29, 1.82) is 0 Å². The maximum absolute atomic E-state index is 14.3. The molecule has 0 radical (unpaired) electrons. The first-order valence-electron chi connectivity index (χ1n) is 28.2. The molecule has 0 amide bonds. The smallest absolute Gasteiger partial charge is 0.330 e. The molecule has 456 valence electrons. The van der Waals surface area contributed by atoms with Crippen LogP contribution in [0.3, 0.4) is 0 Å². The predicted octanol–water partition coefficient (Wildman–Crippen LogP) is 10.1. The van der Waals surface area contributed by atoms with Crippen LogP contribution in [-0.2, 0) is 57.3 Å². The Morgan fingerprint density at radius 3 is 1.08 bits per heavy atom. The van der Waals surface area contributed by atoms with Crippen molar-refractivity contribution >= 4 is 93.6 Å². The Labute approximate surface area is 513 Å². The van der Waals surface area contributed by atoms with E-state index in [1.54, 1.807) is 72.8 Å². The van der Waals surface area contributed by atoms with Gasteiger partial charge in [-0.15, -0.1) is 23.5 Å². The zero-order chi connectivity index (χ0) is 62.4. The van der Waals surface area contributed by atoms with Gasteiger partial charge in [-0.1, -0.05) is 74.8 Å². The maximum atomic E-state index is 14.3. The molecule has 0 spiro atoms. The quantitative estimate of drug-likeness (QED) is 0.0173. The van der Waals surface area contributed by atoms with Crippen LogP contribution in [0.4, 0.5) is 0 Å². The summed E-state index contributed by atoms with van der Waals surface area (Å²) in [4.78, 5) is 131. The van der Waals surface area contributed by atoms with Gasteiger partial charge in [0.15, 0.2) is 35.3 Å². The molecule has 2 fully saturated rings. The van der Waals surface area contributed by atoms with Crippen LogP contribution in [0.2, 0.25) is 0 Å². The Morgan fingerprint density at radius 1 is 0.420 bits per heavy atom. The number of ketones is 2. The normalized spacial score (nSPS) is 19.2. The Hall–Kier alpha value is -9.28. The number of hydrogen-bond donors (Lipinski definition) is 0. The van der Waals surface area contributed by atoms with Crippen LogP contribution in [0.5, 0.6) is 34.5 Å². The summed E-state index contributed by atoms with van der Waals surface area (Å²) in [5, 5.41) is 0.904. The van der Waals surface area contributed by atoms with Crippen LogP contribution in [0.15, 0.2) is 157 Å². The monoisotopic (exact) mass is 1240 g/mol. The molecule has 3 aliphatic carbocycles. The van der Waals surface area contributed by atoms with Gasteiger partial charge in [-0.3, -0.25) is 28.8 Å². The van der Waals surface area contributed by atoms with Crippen LogP contribution < -0.4 is 28.4 Å². The van der Waals surface area contributed by atoms with E-state index in [0.717, 1.165) is 24.3 Å². The molecule has 0 bridgehead atoms. The van der Waals surface area contributed by atoms with Gasteiger partial charge in [0.25, 0.3) is 0 Å². The zero-order valence-electron chi connectivity index (χ0n) is 47.5. The van der Waals surface area contributed by atoms with Gasteiger partial charge in [-0.25, -0.2) is 19.2 Å². The molecule has 1 aliphatic heterocycles. The van der Waals surface area contributed by atoms with Crippen LogP contribution in [0, 0.1) is 29.6 Å². The third-order valence-corrected chi connectivity index (χ3v) is 18.0. The second-order valence-electron chi connectivity index (χ2n) is 20.8. The number of carbonyl (C=O) groups excluding carboxylic acids is 10. The molecular weight excluding hydrogens is 1180 g/mol. The summed E-state index contributed by atoms with van der Waals surface area (Å²) >= 11 is 2.39. The van der Waals surface area contributed by atoms with Gasteiger partial charge in [0, 0.05) is 46.2 Å². The second-order valence-corrected chi connectivity index (χ2v) is 23.4. The average molecular weight is 1240 g/mol. The summed E-state index contributed by atoms with van der Waals surface area (Å²) < 4.78 is 55.3. The molecule has 1 heterocycles. The van der Waals surface area contributed by atoms with E-state index in [-0.39, 0.29) is 61.0 Å². The first-order valence-corrected chi connectivity index (χ1v) is 30.0. The summed E-state index contributed by atoms with van der Waals surface area (Å²) in [5.74, 6) is -7.42. The van der Waals surface area contributed by atoms with Crippen molar-refractivity contribution in [3.8, 4) is 34.5 Å². The van der Waals surface area contributed by atoms with Crippen molar-refractivity contribution in [3.63, 3.8) is 0 Å². The lowest BCUT2D eigenvalue weighted by molar-refractivity contribution is -0.154. The van der Waals surface area contributed by atoms with Crippen LogP contribution >= 0.6 is 23.5 Å². The Kier molecular flexibility index (Phi) is 21.1. The minimum Gasteiger partial charge on any atom is -0.490 e. The highest BCUT2D eigenvalue weighted by atomic mass is 32.2. The third kappa shape index (κ3) is 15.5. The van der Waals surface area contributed by atoms with E-state index in [9.17, 15) is 47.9 Å². The highest BCUT2D eigenvalue weighted by Crippen LogP contribution is 2.62. The standard InChI is InChI=1S/C66H60O20S2/c1-5-51(67)79-35-45(81-53(69)7-3)33-77-41-25-29-43(30-26-41)83-62(73)37-17-21-39(22-18-37)64(75)85-58-49-15-11-12-16-50(49)59(61-60(58)87-66(88-61)55-56(71)47-13-9-10-14-48(47)57(55)72)86-65(76)40-23-19-38(20-24-40)63(74)84-44-31-27-42(28-32-44)78-34-46(82-54(70)8-4)36-80-52(68)6-2/h5-16,25-32,37-40,45-46,55,66H,1-4,17-24,33-36H2. The number of carbonyl (C=O) groups is 10. The van der Waals surface area contributed by atoms with Crippen molar-refractivity contribution in [1.82, 2.24) is 0 Å². The molecule has 5 aromatic carbocycles. The average Bonchev–Trinajstić information content (AvgIpc) is 2.16. The van der Waals surface area contributed by atoms with E-state index in [0.29, 0.717) is 94.6 Å². The molecule has 2 saturated carbocycles. The molecule has 20 nitrogen and oxygen atoms in total. The Morgan fingerprint density at radius 2 is 0.739 bits per heavy atom. The molecular formula is C66H60O20S2. The minimum atomic E-state index is -1.09. The molecule has 22 heteroatoms. The van der Waals surface area contributed by atoms with Gasteiger partial charge in [0.1, 0.15) is 55.3 Å². The lowest BCUT2D eigenvalue weighted by Gasteiger charge is -2.27. The van der Waals surface area contributed by atoms with Crippen molar-refractivity contribution in [3.05, 3.63) is 159 Å². The first kappa shape index (κ1) is 63.2. The van der Waals surface area contributed by atoms with Crippen LogP contribution in [0.1, 0.15) is 72.1 Å². The van der Waals surface area contributed by atoms with Gasteiger partial charge in [-0.2, -0.15) is 0 Å². The van der Waals surface area contributed by atoms with Crippen molar-refractivity contribution in [2.24, 2.45) is 29.6 Å². The number of thioether (sulfide) groups is 2. The van der Waals surface area contributed by atoms with Crippen LogP contribution in [0.25, 0.3) is 10.8 Å². The molecule has 0 saturated heterocycles. The lowest BCUT2D eigenvalue weighted by Crippen LogP contribution is -2.31. The summed E-state index contributed by atoms with van der Waals surface area (Å²) in [6.45, 7) is 12.5. The molecule has 2 atom stereocenters. The third-order valence-electron chi connectivity index (χ3n) is 15.0. The molecule has 4 aliphatic rings. The molecule has 5 aromatic rings. The van der Waals surface area contributed by atoms with E-state index < -0.39 is 94.1 Å². The molecule has 2 unspecified atom stereocenters. The molecule has 88 heavy (non-hydrogen) atoms. The van der Waals surface area contributed by atoms with E-state index >= 15 is 0 Å². The van der Waals surface area contributed by atoms with E-state index in [1.165, 1.54) is 47.8 Å². The highest BCUT2D eigenvalue weighted by molar-refractivity contribution is 8.19. The SMILES string of the molecule is C=CC(=O)OCC(COc1ccc(OC(=O)C2CCC(C(=O)Oc3c4c(c(OC(=O)C5CCC(C(=O)Oc6ccc(OCC(COC(=O)C=C)OC(=O)C=C)cc6)CC5)c5ccccc35)SC(C3C(=O)c5ccccc5C3=O)S4)CC2)cc1)OC(=O)C=C. The van der Waals surface area contributed by atoms with Gasteiger partial charge in [-0.05, 0) is 99.9 Å². The van der Waals surface area contributed by atoms with E-state index in [4.69, 9.17) is 47.4 Å². The highest BCUT2D eigenvalue weighted by Gasteiger charge is 2.49. The van der Waals surface area contributed by atoms with Crippen molar-refractivity contribution < 1.29 is 95.3 Å². The molecule has 9 rings (SSSR count). The number of ether oxygens (including phenoxy) is 10. The number of fused-ring (bicyclic) bond motifs is 3. The number of rotatable bonds is 25. The summed E-state index contributed by atoms with van der Waals surface area (Å²) in [7, 11) is 0. The summed E-state index contributed by atoms with van der Waals surface area (Å²) in [6.07, 6.45) is 4.49. The van der Waals surface area contributed by atoms with Crippen molar-refractivity contribution in [2.75, 3.05) is 26.4 Å². The largest absolute Gasteiger partial charge is 0.490 e. The van der Waals surface area contributed by atoms with Gasteiger partial charge in [0.2, 0.25) is 0 Å². The fraction of sp³-hybridized carbons (Fsp3) is 0.303. The number of esters is 8. The number of Topliss-reactive ketones (excluding diaryl/α,β-unsaturated/α-hetero) is 2. The first-order chi connectivity index (χ1) is 42.5. The van der Waals surface area contributed by atoms with Gasteiger partial charge < -0.3 is 47.4 Å². The fourth-order valence-electron chi connectivity index (χ4n) is 10.4. The van der Waals surface area contributed by atoms with Gasteiger partial charge >= 0.3 is 47.8 Å². The summed E-state index contributed by atoms with van der Waals surface area (Å²) in [6, 6.07) is 26.0. The van der Waals surface area contributed by atoms with E-state index in [1.807, 2.05) is 0 Å². The van der Waals surface area contributed by atoms with E-state index in [2.05, 4.69) is 26.3 Å². The fourth-order valence-corrected chi connectivity index (χ4v) is 13.6.